The fourth-order valence-electron chi connectivity index (χ4n) is 2.89. The Balaban J connectivity index is 1.61. The smallest absolute Gasteiger partial charge is 0.238 e. The number of aromatic nitrogens is 2. The van der Waals surface area contributed by atoms with E-state index < -0.39 is 0 Å². The van der Waals surface area contributed by atoms with Crippen molar-refractivity contribution < 1.29 is 9.53 Å². The zero-order valence-electron chi connectivity index (χ0n) is 13.8. The maximum absolute atomic E-state index is 12.3. The number of nitrogens with one attached hydrogen (secondary N) is 2. The monoisotopic (exact) mass is 348 g/mol. The van der Waals surface area contributed by atoms with Crippen LogP contribution in [0.4, 0.5) is 5.69 Å². The number of amides is 1. The van der Waals surface area contributed by atoms with Gasteiger partial charge in [0.2, 0.25) is 5.91 Å². The van der Waals surface area contributed by atoms with Gasteiger partial charge >= 0.3 is 0 Å². The lowest BCUT2D eigenvalue weighted by molar-refractivity contribution is -0.119. The van der Waals surface area contributed by atoms with E-state index in [1.807, 2.05) is 38.1 Å². The Labute approximate surface area is 146 Å². The van der Waals surface area contributed by atoms with Crippen molar-refractivity contribution in [2.24, 2.45) is 0 Å². The maximum atomic E-state index is 12.3. The SMILES string of the molecule is Cc1n[nH]c(C)c1NC(=O)CN1CCOC(c2ccccc2Cl)C1. The first-order valence-electron chi connectivity index (χ1n) is 7.94. The van der Waals surface area contributed by atoms with Crippen molar-refractivity contribution in [1.29, 1.82) is 0 Å². The van der Waals surface area contributed by atoms with Crippen LogP contribution in [0.25, 0.3) is 0 Å². The third-order valence-corrected chi connectivity index (χ3v) is 4.51. The number of carbonyl (C=O) groups is 1. The van der Waals surface area contributed by atoms with Gasteiger partial charge in [0.25, 0.3) is 0 Å². The summed E-state index contributed by atoms with van der Waals surface area (Å²) in [6.45, 7) is 6.00. The van der Waals surface area contributed by atoms with Crippen molar-refractivity contribution in [3.8, 4) is 0 Å². The summed E-state index contributed by atoms with van der Waals surface area (Å²) in [6, 6.07) is 7.67. The number of halogens is 1. The molecule has 1 unspecified atom stereocenters. The molecule has 1 aromatic carbocycles. The molecule has 2 heterocycles. The van der Waals surface area contributed by atoms with Gasteiger partial charge in [-0.2, -0.15) is 5.10 Å². The van der Waals surface area contributed by atoms with Crippen LogP contribution in [0.2, 0.25) is 5.02 Å². The summed E-state index contributed by atoms with van der Waals surface area (Å²) >= 11 is 6.25. The average molecular weight is 349 g/mol. The van der Waals surface area contributed by atoms with Crippen LogP contribution in [0.5, 0.6) is 0 Å². The summed E-state index contributed by atoms with van der Waals surface area (Å²) in [5.41, 5.74) is 3.37. The second-order valence-corrected chi connectivity index (χ2v) is 6.38. The van der Waals surface area contributed by atoms with Gasteiger partial charge in [-0.15, -0.1) is 0 Å². The zero-order valence-corrected chi connectivity index (χ0v) is 14.6. The molecule has 1 aliphatic rings. The van der Waals surface area contributed by atoms with E-state index >= 15 is 0 Å². The quantitative estimate of drug-likeness (QED) is 0.891. The number of carbonyl (C=O) groups excluding carboxylic acids is 1. The first kappa shape index (κ1) is 17.0. The van der Waals surface area contributed by atoms with Crippen molar-refractivity contribution in [2.75, 3.05) is 31.6 Å². The highest BCUT2D eigenvalue weighted by Gasteiger charge is 2.25. The Hall–Kier alpha value is -1.89. The highest BCUT2D eigenvalue weighted by atomic mass is 35.5. The second kappa shape index (κ2) is 7.34. The van der Waals surface area contributed by atoms with Crippen molar-refractivity contribution in [3.63, 3.8) is 0 Å². The van der Waals surface area contributed by atoms with Crippen LogP contribution in [0.1, 0.15) is 23.1 Å². The summed E-state index contributed by atoms with van der Waals surface area (Å²) in [5, 5.41) is 10.6. The van der Waals surface area contributed by atoms with E-state index in [0.29, 0.717) is 24.7 Å². The van der Waals surface area contributed by atoms with Crippen LogP contribution in [0, 0.1) is 13.8 Å². The fourth-order valence-corrected chi connectivity index (χ4v) is 3.15. The Bertz CT molecular complexity index is 712. The largest absolute Gasteiger partial charge is 0.371 e. The number of H-pyrrole nitrogens is 1. The number of hydrogen-bond acceptors (Lipinski definition) is 4. The number of rotatable bonds is 4. The van der Waals surface area contributed by atoms with Gasteiger partial charge in [-0.05, 0) is 19.9 Å². The minimum Gasteiger partial charge on any atom is -0.371 e. The minimum absolute atomic E-state index is 0.0533. The Kier molecular flexibility index (Phi) is 5.18. The molecule has 1 aromatic heterocycles. The summed E-state index contributed by atoms with van der Waals surface area (Å²) in [4.78, 5) is 14.4. The van der Waals surface area contributed by atoms with Crippen LogP contribution in [-0.2, 0) is 9.53 Å². The number of aromatic amines is 1. The molecule has 0 saturated carbocycles. The molecule has 2 N–H and O–H groups in total. The van der Waals surface area contributed by atoms with Gasteiger partial charge in [0.15, 0.2) is 0 Å². The molecule has 24 heavy (non-hydrogen) atoms. The number of hydrogen-bond donors (Lipinski definition) is 2. The van der Waals surface area contributed by atoms with E-state index in [4.69, 9.17) is 16.3 Å². The molecule has 0 aliphatic carbocycles. The van der Waals surface area contributed by atoms with Crippen molar-refractivity contribution in [3.05, 3.63) is 46.2 Å². The van der Waals surface area contributed by atoms with Crippen LogP contribution in [-0.4, -0.2) is 47.2 Å². The number of aryl methyl sites for hydroxylation is 2. The van der Waals surface area contributed by atoms with Gasteiger partial charge in [-0.1, -0.05) is 29.8 Å². The van der Waals surface area contributed by atoms with Crippen molar-refractivity contribution >= 4 is 23.2 Å². The molecule has 0 spiro atoms. The predicted molar refractivity (Wildman–Crippen MR) is 93.3 cm³/mol. The van der Waals surface area contributed by atoms with E-state index in [1.54, 1.807) is 0 Å². The third-order valence-electron chi connectivity index (χ3n) is 4.16. The molecular formula is C17H21ClN4O2. The van der Waals surface area contributed by atoms with E-state index in [9.17, 15) is 4.79 Å². The summed E-state index contributed by atoms with van der Waals surface area (Å²) < 4.78 is 5.83. The average Bonchev–Trinajstić information content (AvgIpc) is 2.87. The Morgan fingerprint density at radius 2 is 2.25 bits per heavy atom. The van der Waals surface area contributed by atoms with Gasteiger partial charge in [0.1, 0.15) is 0 Å². The number of ether oxygens (including phenoxy) is 1. The highest BCUT2D eigenvalue weighted by molar-refractivity contribution is 6.31. The van der Waals surface area contributed by atoms with Crippen LogP contribution < -0.4 is 5.32 Å². The summed E-state index contributed by atoms with van der Waals surface area (Å²) in [6.07, 6.45) is -0.113. The number of morpholine rings is 1. The third kappa shape index (κ3) is 3.77. The summed E-state index contributed by atoms with van der Waals surface area (Å²) in [7, 11) is 0. The minimum atomic E-state index is -0.113. The van der Waals surface area contributed by atoms with E-state index in [0.717, 1.165) is 29.2 Å². The molecule has 1 amide bonds. The predicted octanol–water partition coefficient (Wildman–Crippen LogP) is 2.69. The lowest BCUT2D eigenvalue weighted by Gasteiger charge is -2.33. The molecule has 2 aromatic rings. The van der Waals surface area contributed by atoms with Crippen LogP contribution in [0.3, 0.4) is 0 Å². The first-order chi connectivity index (χ1) is 11.5. The molecule has 3 rings (SSSR count). The topological polar surface area (TPSA) is 70.2 Å². The van der Waals surface area contributed by atoms with E-state index in [2.05, 4.69) is 20.4 Å². The molecule has 0 bridgehead atoms. The molecule has 1 fully saturated rings. The van der Waals surface area contributed by atoms with Gasteiger partial charge in [0, 0.05) is 23.7 Å². The number of benzene rings is 1. The lowest BCUT2D eigenvalue weighted by atomic mass is 10.1. The van der Waals surface area contributed by atoms with Crippen molar-refractivity contribution in [1.82, 2.24) is 15.1 Å². The number of anilines is 1. The molecule has 1 saturated heterocycles. The van der Waals surface area contributed by atoms with Crippen LogP contribution in [0.15, 0.2) is 24.3 Å². The Morgan fingerprint density at radius 3 is 2.96 bits per heavy atom. The van der Waals surface area contributed by atoms with Gasteiger partial charge in [0.05, 0.1) is 36.3 Å². The number of nitrogens with zero attached hydrogens (tertiary/aromatic N) is 2. The normalized spacial score (nSPS) is 18.5. The second-order valence-electron chi connectivity index (χ2n) is 5.97. The maximum Gasteiger partial charge on any atom is 0.238 e. The molecule has 6 nitrogen and oxygen atoms in total. The lowest BCUT2D eigenvalue weighted by Crippen LogP contribution is -2.42. The standard InChI is InChI=1S/C17H21ClN4O2/c1-11-17(12(2)21-20-11)19-16(23)10-22-7-8-24-15(9-22)13-5-3-4-6-14(13)18/h3-6,15H,7-10H2,1-2H3,(H,19,23)(H,20,21). The Morgan fingerprint density at radius 1 is 1.46 bits per heavy atom. The van der Waals surface area contributed by atoms with E-state index in [-0.39, 0.29) is 12.0 Å². The van der Waals surface area contributed by atoms with E-state index in [1.165, 1.54) is 0 Å². The van der Waals surface area contributed by atoms with Crippen LogP contribution >= 0.6 is 11.6 Å². The zero-order chi connectivity index (χ0) is 17.1. The highest BCUT2D eigenvalue weighted by Crippen LogP contribution is 2.28. The molecule has 7 heteroatoms. The molecular weight excluding hydrogens is 328 g/mol. The van der Waals surface area contributed by atoms with Crippen molar-refractivity contribution in [2.45, 2.75) is 20.0 Å². The molecule has 0 radical (unpaired) electrons. The summed E-state index contributed by atoms with van der Waals surface area (Å²) in [5.74, 6) is -0.0533. The molecule has 1 aliphatic heterocycles. The fraction of sp³-hybridized carbons (Fsp3) is 0.412. The van der Waals surface area contributed by atoms with Gasteiger partial charge in [-0.25, -0.2) is 0 Å². The van der Waals surface area contributed by atoms with Gasteiger partial charge < -0.3 is 10.1 Å². The molecule has 1 atom stereocenters. The molecule has 128 valence electrons. The first-order valence-corrected chi connectivity index (χ1v) is 8.32. The van der Waals surface area contributed by atoms with Gasteiger partial charge in [-0.3, -0.25) is 14.8 Å².